The van der Waals surface area contributed by atoms with Gasteiger partial charge in [-0.1, -0.05) is 36.4 Å². The Morgan fingerprint density at radius 3 is 2.83 bits per heavy atom. The first-order valence-corrected chi connectivity index (χ1v) is 10.7. The van der Waals surface area contributed by atoms with Crippen LogP contribution < -0.4 is 5.56 Å². The topological polar surface area (TPSA) is 78.5 Å². The van der Waals surface area contributed by atoms with Gasteiger partial charge in [0.25, 0.3) is 5.56 Å². The van der Waals surface area contributed by atoms with Gasteiger partial charge >= 0.3 is 0 Å². The van der Waals surface area contributed by atoms with E-state index in [0.29, 0.717) is 42.3 Å². The molecule has 0 saturated carbocycles. The summed E-state index contributed by atoms with van der Waals surface area (Å²) in [6, 6.07) is 8.01. The van der Waals surface area contributed by atoms with Gasteiger partial charge in [-0.2, -0.15) is 0 Å². The molecule has 0 bridgehead atoms. The zero-order valence-corrected chi connectivity index (χ0v) is 18.0. The summed E-state index contributed by atoms with van der Waals surface area (Å²) in [6.45, 7) is 11.3. The summed E-state index contributed by atoms with van der Waals surface area (Å²) in [4.78, 5) is 23.2. The molecular formula is C23H27N3O3S. The van der Waals surface area contributed by atoms with E-state index in [9.17, 15) is 9.90 Å². The highest BCUT2D eigenvalue weighted by Gasteiger charge is 2.17. The molecule has 1 aromatic carbocycles. The van der Waals surface area contributed by atoms with Crippen LogP contribution in [-0.2, 0) is 11.3 Å². The molecule has 3 rings (SSSR count). The number of nitrogens with one attached hydrogen (secondary N) is 1. The minimum Gasteiger partial charge on any atom is -0.389 e. The molecule has 2 N–H and O–H groups in total. The van der Waals surface area contributed by atoms with Crippen LogP contribution in [0.5, 0.6) is 0 Å². The third kappa shape index (κ3) is 5.31. The minimum atomic E-state index is -0.658. The Morgan fingerprint density at radius 1 is 1.30 bits per heavy atom. The van der Waals surface area contributed by atoms with Gasteiger partial charge in [0.1, 0.15) is 10.7 Å². The van der Waals surface area contributed by atoms with Gasteiger partial charge in [0, 0.05) is 24.0 Å². The predicted octanol–water partition coefficient (Wildman–Crippen LogP) is 3.51. The summed E-state index contributed by atoms with van der Waals surface area (Å²) in [5.41, 5.74) is 2.92. The zero-order valence-electron chi connectivity index (χ0n) is 17.1. The van der Waals surface area contributed by atoms with E-state index in [-0.39, 0.29) is 12.2 Å². The molecule has 0 aliphatic rings. The average molecular weight is 426 g/mol. The van der Waals surface area contributed by atoms with Crippen LogP contribution in [-0.4, -0.2) is 52.4 Å². The highest BCUT2D eigenvalue weighted by atomic mass is 32.1. The summed E-state index contributed by atoms with van der Waals surface area (Å²) in [5, 5.41) is 12.8. The van der Waals surface area contributed by atoms with E-state index in [4.69, 9.17) is 4.74 Å². The lowest BCUT2D eigenvalue weighted by Crippen LogP contribution is -2.35. The van der Waals surface area contributed by atoms with Crippen molar-refractivity contribution < 1.29 is 9.84 Å². The second-order valence-corrected chi connectivity index (χ2v) is 7.98. The fraction of sp³-hybridized carbons (Fsp3) is 0.304. The van der Waals surface area contributed by atoms with E-state index >= 15 is 0 Å². The quantitative estimate of drug-likeness (QED) is 0.363. The SMILES string of the molecule is C=CCOCC(O)CN(CC=C)Cc1nc2scc(-c3ccccc3C)c2c(=O)[nH]1. The number of hydrogen-bond donors (Lipinski definition) is 2. The van der Waals surface area contributed by atoms with Crippen molar-refractivity contribution in [2.24, 2.45) is 0 Å². The van der Waals surface area contributed by atoms with Crippen molar-refractivity contribution in [2.75, 3.05) is 26.3 Å². The lowest BCUT2D eigenvalue weighted by Gasteiger charge is -2.23. The Bertz CT molecular complexity index is 1070. The molecule has 0 fully saturated rings. The maximum absolute atomic E-state index is 12.9. The van der Waals surface area contributed by atoms with Gasteiger partial charge < -0.3 is 14.8 Å². The van der Waals surface area contributed by atoms with Crippen molar-refractivity contribution in [3.63, 3.8) is 0 Å². The van der Waals surface area contributed by atoms with Crippen LogP contribution in [0.3, 0.4) is 0 Å². The van der Waals surface area contributed by atoms with Gasteiger partial charge in [-0.25, -0.2) is 4.98 Å². The van der Waals surface area contributed by atoms with Gasteiger partial charge in [-0.05, 0) is 18.1 Å². The normalized spacial score (nSPS) is 12.4. The molecule has 1 atom stereocenters. The first kappa shape index (κ1) is 22.1. The number of H-pyrrole nitrogens is 1. The van der Waals surface area contributed by atoms with Crippen LogP contribution in [0.2, 0.25) is 0 Å². The van der Waals surface area contributed by atoms with E-state index < -0.39 is 6.10 Å². The molecule has 3 aromatic rings. The lowest BCUT2D eigenvalue weighted by atomic mass is 10.0. The third-order valence-corrected chi connectivity index (χ3v) is 5.58. The molecule has 6 nitrogen and oxygen atoms in total. The van der Waals surface area contributed by atoms with E-state index in [1.807, 2.05) is 41.5 Å². The van der Waals surface area contributed by atoms with Crippen molar-refractivity contribution >= 4 is 21.6 Å². The molecule has 1 unspecified atom stereocenters. The molecule has 0 saturated heterocycles. The number of rotatable bonds is 11. The Hall–Kier alpha value is -2.58. The van der Waals surface area contributed by atoms with E-state index in [0.717, 1.165) is 16.7 Å². The van der Waals surface area contributed by atoms with Crippen molar-refractivity contribution in [3.05, 3.63) is 76.7 Å². The Kier molecular flexibility index (Phi) is 7.70. The van der Waals surface area contributed by atoms with E-state index in [1.54, 1.807) is 12.2 Å². The smallest absolute Gasteiger partial charge is 0.260 e. The van der Waals surface area contributed by atoms with Gasteiger partial charge in [-0.15, -0.1) is 24.5 Å². The molecule has 2 aromatic heterocycles. The number of hydrogen-bond acceptors (Lipinski definition) is 6. The summed E-state index contributed by atoms with van der Waals surface area (Å²) < 4.78 is 5.31. The maximum Gasteiger partial charge on any atom is 0.260 e. The van der Waals surface area contributed by atoms with Crippen LogP contribution in [0.1, 0.15) is 11.4 Å². The van der Waals surface area contributed by atoms with Crippen molar-refractivity contribution in [3.8, 4) is 11.1 Å². The number of aryl methyl sites for hydroxylation is 1. The Balaban J connectivity index is 1.82. The summed E-state index contributed by atoms with van der Waals surface area (Å²) in [7, 11) is 0. The number of benzene rings is 1. The van der Waals surface area contributed by atoms with Gasteiger partial charge in [0.2, 0.25) is 0 Å². The van der Waals surface area contributed by atoms with Crippen LogP contribution in [0.4, 0.5) is 0 Å². The maximum atomic E-state index is 12.9. The van der Waals surface area contributed by atoms with Crippen molar-refractivity contribution in [1.29, 1.82) is 0 Å². The largest absolute Gasteiger partial charge is 0.389 e. The number of fused-ring (bicyclic) bond motifs is 1. The molecule has 0 aliphatic carbocycles. The summed E-state index contributed by atoms with van der Waals surface area (Å²) in [6.07, 6.45) is 2.74. The fourth-order valence-corrected chi connectivity index (χ4v) is 4.34. The first-order valence-electron chi connectivity index (χ1n) is 9.79. The number of ether oxygens (including phenoxy) is 1. The molecule has 2 heterocycles. The van der Waals surface area contributed by atoms with Crippen LogP contribution in [0, 0.1) is 6.92 Å². The van der Waals surface area contributed by atoms with Gasteiger partial charge in [0.15, 0.2) is 0 Å². The van der Waals surface area contributed by atoms with Crippen molar-refractivity contribution in [2.45, 2.75) is 19.6 Å². The van der Waals surface area contributed by atoms with Crippen LogP contribution in [0.15, 0.2) is 59.7 Å². The second-order valence-electron chi connectivity index (χ2n) is 7.12. The molecule has 0 spiro atoms. The number of aromatic nitrogens is 2. The number of aliphatic hydroxyl groups excluding tert-OH is 1. The fourth-order valence-electron chi connectivity index (χ4n) is 3.38. The number of aromatic amines is 1. The Morgan fingerprint density at radius 2 is 2.10 bits per heavy atom. The number of nitrogens with zero attached hydrogens (tertiary/aromatic N) is 2. The molecule has 0 amide bonds. The van der Waals surface area contributed by atoms with Crippen LogP contribution >= 0.6 is 11.3 Å². The van der Waals surface area contributed by atoms with Crippen molar-refractivity contribution in [1.82, 2.24) is 14.9 Å². The molecule has 0 aliphatic heterocycles. The van der Waals surface area contributed by atoms with E-state index in [2.05, 4.69) is 23.1 Å². The molecule has 7 heteroatoms. The minimum absolute atomic E-state index is 0.150. The predicted molar refractivity (Wildman–Crippen MR) is 123 cm³/mol. The highest BCUT2D eigenvalue weighted by Crippen LogP contribution is 2.32. The van der Waals surface area contributed by atoms with Gasteiger partial charge in [-0.3, -0.25) is 9.69 Å². The molecule has 158 valence electrons. The molecule has 0 radical (unpaired) electrons. The zero-order chi connectivity index (χ0) is 21.5. The van der Waals surface area contributed by atoms with E-state index in [1.165, 1.54) is 11.3 Å². The lowest BCUT2D eigenvalue weighted by molar-refractivity contribution is 0.0265. The molecular weight excluding hydrogens is 398 g/mol. The average Bonchev–Trinajstić information content (AvgIpc) is 3.13. The number of aliphatic hydroxyl groups is 1. The third-order valence-electron chi connectivity index (χ3n) is 4.70. The Labute approximate surface area is 180 Å². The molecule has 30 heavy (non-hydrogen) atoms. The first-order chi connectivity index (χ1) is 14.5. The number of thiophene rings is 1. The van der Waals surface area contributed by atoms with Gasteiger partial charge in [0.05, 0.1) is 31.2 Å². The summed E-state index contributed by atoms with van der Waals surface area (Å²) in [5.74, 6) is 0.562. The standard InChI is InChI=1S/C23H27N3O3S/c1-4-10-26(12-17(27)14-29-11-5-2)13-20-24-22(28)21-19(15-30-23(21)25-20)18-9-7-6-8-16(18)3/h4-9,15,17,27H,1-2,10-14H2,3H3,(H,24,25,28). The van der Waals surface area contributed by atoms with Crippen LogP contribution in [0.25, 0.3) is 21.3 Å². The summed E-state index contributed by atoms with van der Waals surface area (Å²) >= 11 is 1.47. The highest BCUT2D eigenvalue weighted by molar-refractivity contribution is 7.17. The monoisotopic (exact) mass is 425 g/mol. The second kappa shape index (κ2) is 10.4.